The number of aliphatic hydroxyl groups is 1. The third-order valence-electron chi connectivity index (χ3n) is 4.38. The molecule has 0 aromatic heterocycles. The van der Waals surface area contributed by atoms with E-state index in [0.29, 0.717) is 6.61 Å². The van der Waals surface area contributed by atoms with Gasteiger partial charge in [0.05, 0.1) is 12.7 Å². The quantitative estimate of drug-likeness (QED) is 0.871. The number of hydrogen-bond donors (Lipinski definition) is 2. The van der Waals surface area contributed by atoms with Gasteiger partial charge in [0.1, 0.15) is 5.75 Å². The van der Waals surface area contributed by atoms with Crippen LogP contribution in [0.4, 0.5) is 0 Å². The molecule has 21 heavy (non-hydrogen) atoms. The van der Waals surface area contributed by atoms with Gasteiger partial charge in [0.2, 0.25) is 0 Å². The zero-order valence-corrected chi connectivity index (χ0v) is 13.6. The molecular weight excluding hydrogens is 264 g/mol. The number of aliphatic hydroxyl groups excluding tert-OH is 1. The Balaban J connectivity index is 2.28. The molecule has 1 aliphatic heterocycles. The molecule has 0 aliphatic carbocycles. The first-order valence-corrected chi connectivity index (χ1v) is 7.92. The topological polar surface area (TPSA) is 44.7 Å². The molecule has 0 spiro atoms. The lowest BCUT2D eigenvalue weighted by molar-refractivity contribution is 0.0487. The number of hydrogen-bond acceptors (Lipinski definition) is 4. The summed E-state index contributed by atoms with van der Waals surface area (Å²) in [5.41, 5.74) is 3.13. The van der Waals surface area contributed by atoms with Crippen LogP contribution in [-0.4, -0.2) is 48.8 Å². The standard InChI is InChI=1S/C17H28N2O2/c1-5-21-17-13(3)7-6-12(2)15(17)16(20)14(4)19-10-8-18-9-11-19/h6-7,14,16,18,20H,5,8-11H2,1-4H3. The minimum Gasteiger partial charge on any atom is -0.493 e. The van der Waals surface area contributed by atoms with Gasteiger partial charge < -0.3 is 15.2 Å². The smallest absolute Gasteiger partial charge is 0.128 e. The van der Waals surface area contributed by atoms with Crippen molar-refractivity contribution in [1.29, 1.82) is 0 Å². The average molecular weight is 292 g/mol. The predicted molar refractivity (Wildman–Crippen MR) is 85.9 cm³/mol. The number of nitrogens with one attached hydrogen (secondary N) is 1. The second-order valence-electron chi connectivity index (χ2n) is 5.85. The summed E-state index contributed by atoms with van der Waals surface area (Å²) in [4.78, 5) is 2.35. The highest BCUT2D eigenvalue weighted by molar-refractivity contribution is 5.47. The highest BCUT2D eigenvalue weighted by atomic mass is 16.5. The Bertz CT molecular complexity index is 470. The molecule has 0 amide bonds. The second-order valence-corrected chi connectivity index (χ2v) is 5.85. The van der Waals surface area contributed by atoms with Crippen molar-refractivity contribution in [3.8, 4) is 5.75 Å². The highest BCUT2D eigenvalue weighted by Gasteiger charge is 2.28. The Morgan fingerprint density at radius 3 is 2.48 bits per heavy atom. The third kappa shape index (κ3) is 3.57. The molecular formula is C17H28N2O2. The summed E-state index contributed by atoms with van der Waals surface area (Å²) in [6, 6.07) is 4.22. The van der Waals surface area contributed by atoms with Crippen LogP contribution in [0.1, 0.15) is 36.6 Å². The van der Waals surface area contributed by atoms with Crippen molar-refractivity contribution in [3.63, 3.8) is 0 Å². The van der Waals surface area contributed by atoms with Crippen LogP contribution in [0.5, 0.6) is 5.75 Å². The van der Waals surface area contributed by atoms with Gasteiger partial charge in [-0.05, 0) is 38.8 Å². The van der Waals surface area contributed by atoms with E-state index in [1.807, 2.05) is 20.8 Å². The van der Waals surface area contributed by atoms with Crippen molar-refractivity contribution in [3.05, 3.63) is 28.8 Å². The van der Waals surface area contributed by atoms with Gasteiger partial charge in [-0.15, -0.1) is 0 Å². The zero-order valence-electron chi connectivity index (χ0n) is 13.6. The molecule has 1 aromatic carbocycles. The summed E-state index contributed by atoms with van der Waals surface area (Å²) in [5.74, 6) is 0.854. The summed E-state index contributed by atoms with van der Waals surface area (Å²) in [6.45, 7) is 12.7. The molecule has 1 fully saturated rings. The fourth-order valence-electron chi connectivity index (χ4n) is 3.04. The summed E-state index contributed by atoms with van der Waals surface area (Å²) in [5, 5.41) is 14.3. The SMILES string of the molecule is CCOc1c(C)ccc(C)c1C(O)C(C)N1CCNCC1. The molecule has 4 nitrogen and oxygen atoms in total. The fraction of sp³-hybridized carbons (Fsp3) is 0.647. The molecule has 1 saturated heterocycles. The molecule has 2 atom stereocenters. The lowest BCUT2D eigenvalue weighted by Gasteiger charge is -2.36. The second kappa shape index (κ2) is 7.25. The van der Waals surface area contributed by atoms with Gasteiger partial charge in [-0.3, -0.25) is 4.90 Å². The number of nitrogens with zero attached hydrogens (tertiary/aromatic N) is 1. The lowest BCUT2D eigenvalue weighted by atomic mass is 9.94. The molecule has 0 bridgehead atoms. The van der Waals surface area contributed by atoms with E-state index >= 15 is 0 Å². The summed E-state index contributed by atoms with van der Waals surface area (Å²) in [6.07, 6.45) is -0.524. The minimum atomic E-state index is -0.524. The Kier molecular flexibility index (Phi) is 5.62. The van der Waals surface area contributed by atoms with Crippen LogP contribution in [0.3, 0.4) is 0 Å². The molecule has 1 heterocycles. The van der Waals surface area contributed by atoms with Gasteiger partial charge in [0.25, 0.3) is 0 Å². The van der Waals surface area contributed by atoms with Crippen LogP contribution >= 0.6 is 0 Å². The van der Waals surface area contributed by atoms with E-state index < -0.39 is 6.10 Å². The molecule has 2 N–H and O–H groups in total. The van der Waals surface area contributed by atoms with E-state index in [1.165, 1.54) is 0 Å². The number of piperazine rings is 1. The van der Waals surface area contributed by atoms with Crippen molar-refractivity contribution in [2.75, 3.05) is 32.8 Å². The normalized spacial score (nSPS) is 19.3. The van der Waals surface area contributed by atoms with E-state index in [2.05, 4.69) is 29.3 Å². The molecule has 4 heteroatoms. The van der Waals surface area contributed by atoms with Gasteiger partial charge >= 0.3 is 0 Å². The maximum absolute atomic E-state index is 10.9. The van der Waals surface area contributed by atoms with Crippen LogP contribution in [0.2, 0.25) is 0 Å². The monoisotopic (exact) mass is 292 g/mol. The van der Waals surface area contributed by atoms with E-state index in [4.69, 9.17) is 4.74 Å². The Morgan fingerprint density at radius 2 is 1.86 bits per heavy atom. The summed E-state index contributed by atoms with van der Waals surface area (Å²) in [7, 11) is 0. The van der Waals surface area contributed by atoms with E-state index in [-0.39, 0.29) is 6.04 Å². The van der Waals surface area contributed by atoms with Crippen LogP contribution in [0, 0.1) is 13.8 Å². The van der Waals surface area contributed by atoms with Gasteiger partial charge in [-0.1, -0.05) is 12.1 Å². The first-order chi connectivity index (χ1) is 10.1. The van der Waals surface area contributed by atoms with Crippen molar-refractivity contribution in [2.24, 2.45) is 0 Å². The highest BCUT2D eigenvalue weighted by Crippen LogP contribution is 2.35. The predicted octanol–water partition coefficient (Wildman–Crippen LogP) is 2.03. The van der Waals surface area contributed by atoms with E-state index in [9.17, 15) is 5.11 Å². The molecule has 0 saturated carbocycles. The van der Waals surface area contributed by atoms with Gasteiger partial charge in [0.15, 0.2) is 0 Å². The Morgan fingerprint density at radius 1 is 1.24 bits per heavy atom. The maximum Gasteiger partial charge on any atom is 0.128 e. The minimum absolute atomic E-state index is 0.0896. The van der Waals surface area contributed by atoms with Crippen LogP contribution in [0.15, 0.2) is 12.1 Å². The summed E-state index contributed by atoms with van der Waals surface area (Å²) < 4.78 is 5.82. The van der Waals surface area contributed by atoms with Crippen LogP contribution in [0.25, 0.3) is 0 Å². The van der Waals surface area contributed by atoms with Crippen molar-refractivity contribution < 1.29 is 9.84 Å². The first kappa shape index (κ1) is 16.3. The molecule has 2 rings (SSSR count). The van der Waals surface area contributed by atoms with Gasteiger partial charge in [-0.25, -0.2) is 0 Å². The average Bonchev–Trinajstić information content (AvgIpc) is 2.51. The van der Waals surface area contributed by atoms with Gasteiger partial charge in [0, 0.05) is 37.8 Å². The third-order valence-corrected chi connectivity index (χ3v) is 4.38. The van der Waals surface area contributed by atoms with Gasteiger partial charge in [-0.2, -0.15) is 0 Å². The van der Waals surface area contributed by atoms with Crippen molar-refractivity contribution >= 4 is 0 Å². The first-order valence-electron chi connectivity index (χ1n) is 7.92. The molecule has 2 unspecified atom stereocenters. The molecule has 118 valence electrons. The maximum atomic E-state index is 10.9. The number of ether oxygens (including phenoxy) is 1. The number of benzene rings is 1. The van der Waals surface area contributed by atoms with Crippen molar-refractivity contribution in [1.82, 2.24) is 10.2 Å². The van der Waals surface area contributed by atoms with Crippen LogP contribution in [-0.2, 0) is 0 Å². The van der Waals surface area contributed by atoms with E-state index in [1.54, 1.807) is 0 Å². The van der Waals surface area contributed by atoms with E-state index in [0.717, 1.165) is 48.6 Å². The molecule has 1 aromatic rings. The molecule has 1 aliphatic rings. The van der Waals surface area contributed by atoms with Crippen molar-refractivity contribution in [2.45, 2.75) is 39.8 Å². The fourth-order valence-corrected chi connectivity index (χ4v) is 3.04. The number of rotatable bonds is 5. The Hall–Kier alpha value is -1.10. The lowest BCUT2D eigenvalue weighted by Crippen LogP contribution is -2.49. The molecule has 0 radical (unpaired) electrons. The summed E-state index contributed by atoms with van der Waals surface area (Å²) >= 11 is 0. The number of aryl methyl sites for hydroxylation is 2. The Labute approximate surface area is 128 Å². The zero-order chi connectivity index (χ0) is 15.4. The largest absolute Gasteiger partial charge is 0.493 e. The van der Waals surface area contributed by atoms with Crippen LogP contribution < -0.4 is 10.1 Å².